The van der Waals surface area contributed by atoms with Gasteiger partial charge in [0.05, 0.1) is 39.4 Å². The molecule has 1 aliphatic heterocycles. The molecule has 0 saturated carbocycles. The molecule has 3 aromatic heterocycles. The standard InChI is InChI=1S/C21H21F4N7O3S2/c1-11(33)19-12(6-26)5-17(36-19)18-14(21(23,24)25)8-27-20(30-18)29-16-3-4-32(10-15(16)22)37(34,35)13-7-28-31(2)9-13/h5,7-9,11,15-16,33H,3-4,10H2,1-2H3,(H,27,29,30)/t11?,15-,16+/m1/s1. The number of alkyl halides is 4. The SMILES string of the molecule is CC(O)c1sc(-c2nc(N[C@H]3CCN(S(=O)(=O)c4cnn(C)c4)C[C@H]3F)ncc2C(F)(F)F)cc1C#N. The van der Waals surface area contributed by atoms with Crippen LogP contribution in [0.2, 0.25) is 0 Å². The summed E-state index contributed by atoms with van der Waals surface area (Å²) < 4.78 is 83.9. The van der Waals surface area contributed by atoms with Gasteiger partial charge in [0.2, 0.25) is 16.0 Å². The number of hydrogen-bond acceptors (Lipinski definition) is 9. The lowest BCUT2D eigenvalue weighted by molar-refractivity contribution is -0.137. The van der Waals surface area contributed by atoms with E-state index >= 15 is 4.39 Å². The van der Waals surface area contributed by atoms with E-state index in [0.717, 1.165) is 21.8 Å². The van der Waals surface area contributed by atoms with Crippen LogP contribution in [0.5, 0.6) is 0 Å². The second kappa shape index (κ2) is 9.97. The molecule has 2 N–H and O–H groups in total. The Bertz CT molecular complexity index is 1450. The maximum Gasteiger partial charge on any atom is 0.420 e. The van der Waals surface area contributed by atoms with Crippen LogP contribution in [0.25, 0.3) is 10.6 Å². The third-order valence-electron chi connectivity index (χ3n) is 5.73. The summed E-state index contributed by atoms with van der Waals surface area (Å²) in [6.07, 6.45) is -4.57. The van der Waals surface area contributed by atoms with Crippen molar-refractivity contribution < 1.29 is 31.1 Å². The van der Waals surface area contributed by atoms with Crippen LogP contribution in [0.3, 0.4) is 0 Å². The van der Waals surface area contributed by atoms with E-state index in [1.54, 1.807) is 7.05 Å². The number of sulfonamides is 1. The number of nitriles is 1. The zero-order valence-corrected chi connectivity index (χ0v) is 21.1. The minimum Gasteiger partial charge on any atom is -0.388 e. The normalized spacial score (nSPS) is 19.9. The van der Waals surface area contributed by atoms with Crippen molar-refractivity contribution in [3.63, 3.8) is 0 Å². The molecule has 3 aromatic rings. The highest BCUT2D eigenvalue weighted by Gasteiger charge is 2.38. The van der Waals surface area contributed by atoms with Gasteiger partial charge in [0.1, 0.15) is 22.7 Å². The van der Waals surface area contributed by atoms with E-state index < -0.39 is 52.3 Å². The Morgan fingerprint density at radius 1 is 1.35 bits per heavy atom. The van der Waals surface area contributed by atoms with Crippen molar-refractivity contribution in [3.8, 4) is 16.6 Å². The van der Waals surface area contributed by atoms with Crippen LogP contribution in [0.15, 0.2) is 29.6 Å². The van der Waals surface area contributed by atoms with Gasteiger partial charge in [-0.15, -0.1) is 11.3 Å². The van der Waals surface area contributed by atoms with Gasteiger partial charge in [0, 0.05) is 32.5 Å². The summed E-state index contributed by atoms with van der Waals surface area (Å²) in [6.45, 7) is 0.865. The van der Waals surface area contributed by atoms with Crippen molar-refractivity contribution in [1.29, 1.82) is 5.26 Å². The Morgan fingerprint density at radius 2 is 2.08 bits per heavy atom. The Balaban J connectivity index is 1.59. The predicted octanol–water partition coefficient (Wildman–Crippen LogP) is 3.10. The number of anilines is 1. The largest absolute Gasteiger partial charge is 0.420 e. The second-order valence-electron chi connectivity index (χ2n) is 8.40. The van der Waals surface area contributed by atoms with E-state index in [4.69, 9.17) is 0 Å². The van der Waals surface area contributed by atoms with Gasteiger partial charge in [-0.3, -0.25) is 4.68 Å². The lowest BCUT2D eigenvalue weighted by Crippen LogP contribution is -2.50. The minimum atomic E-state index is -4.82. The van der Waals surface area contributed by atoms with E-state index in [1.807, 2.05) is 6.07 Å². The highest BCUT2D eigenvalue weighted by Crippen LogP contribution is 2.41. The van der Waals surface area contributed by atoms with Gasteiger partial charge in [-0.05, 0) is 19.4 Å². The van der Waals surface area contributed by atoms with Crippen molar-refractivity contribution in [3.05, 3.63) is 40.7 Å². The first-order chi connectivity index (χ1) is 17.3. The third kappa shape index (κ3) is 5.44. The van der Waals surface area contributed by atoms with Gasteiger partial charge in [0.15, 0.2) is 0 Å². The van der Waals surface area contributed by atoms with Crippen LogP contribution >= 0.6 is 11.3 Å². The van der Waals surface area contributed by atoms with Gasteiger partial charge >= 0.3 is 6.18 Å². The van der Waals surface area contributed by atoms with Crippen LogP contribution in [0.1, 0.15) is 35.5 Å². The fourth-order valence-corrected chi connectivity index (χ4v) is 6.37. The highest BCUT2D eigenvalue weighted by atomic mass is 32.2. The molecule has 3 atom stereocenters. The summed E-state index contributed by atoms with van der Waals surface area (Å²) in [5.41, 5.74) is -1.66. The summed E-state index contributed by atoms with van der Waals surface area (Å²) >= 11 is 0.789. The molecule has 4 rings (SSSR count). The first-order valence-corrected chi connectivity index (χ1v) is 13.1. The molecule has 0 aliphatic carbocycles. The van der Waals surface area contributed by atoms with E-state index in [2.05, 4.69) is 20.4 Å². The number of hydrogen-bond donors (Lipinski definition) is 2. The molecule has 1 fully saturated rings. The summed E-state index contributed by atoms with van der Waals surface area (Å²) in [4.78, 5) is 7.77. The molecule has 0 radical (unpaired) electrons. The number of rotatable bonds is 6. The third-order valence-corrected chi connectivity index (χ3v) is 8.86. The van der Waals surface area contributed by atoms with Crippen LogP contribution in [-0.4, -0.2) is 62.9 Å². The first-order valence-electron chi connectivity index (χ1n) is 10.9. The molecule has 1 aliphatic rings. The molecule has 0 spiro atoms. The quantitative estimate of drug-likeness (QED) is 0.440. The number of aryl methyl sites for hydroxylation is 1. The average molecular weight is 560 g/mol. The van der Waals surface area contributed by atoms with Crippen molar-refractivity contribution in [2.24, 2.45) is 7.05 Å². The van der Waals surface area contributed by atoms with Crippen molar-refractivity contribution in [1.82, 2.24) is 24.1 Å². The summed E-state index contributed by atoms with van der Waals surface area (Å²) in [6, 6.07) is 2.08. The number of aromatic nitrogens is 4. The average Bonchev–Trinajstić information content (AvgIpc) is 3.46. The molecular formula is C21H21F4N7O3S2. The lowest BCUT2D eigenvalue weighted by Gasteiger charge is -2.34. The summed E-state index contributed by atoms with van der Waals surface area (Å²) in [5, 5.41) is 25.7. The number of piperidine rings is 1. The van der Waals surface area contributed by atoms with E-state index in [9.17, 15) is 32.0 Å². The molecule has 0 bridgehead atoms. The Hall–Kier alpha value is -3.13. The Morgan fingerprint density at radius 3 is 2.62 bits per heavy atom. The van der Waals surface area contributed by atoms with Crippen LogP contribution in [0.4, 0.5) is 23.5 Å². The van der Waals surface area contributed by atoms with E-state index in [1.165, 1.54) is 23.9 Å². The first kappa shape index (κ1) is 26.9. The number of nitrogens with zero attached hydrogens (tertiary/aromatic N) is 6. The molecular weight excluding hydrogens is 538 g/mol. The summed E-state index contributed by atoms with van der Waals surface area (Å²) in [5.74, 6) is -0.287. The summed E-state index contributed by atoms with van der Waals surface area (Å²) in [7, 11) is -2.42. The molecule has 37 heavy (non-hydrogen) atoms. The molecule has 10 nitrogen and oxygen atoms in total. The molecule has 16 heteroatoms. The predicted molar refractivity (Wildman–Crippen MR) is 125 cm³/mol. The Kier molecular flexibility index (Phi) is 7.25. The lowest BCUT2D eigenvalue weighted by atomic mass is 10.1. The molecule has 1 unspecified atom stereocenters. The second-order valence-corrected chi connectivity index (χ2v) is 11.4. The number of aliphatic hydroxyl groups is 1. The number of thiophene rings is 1. The maximum absolute atomic E-state index is 15.0. The van der Waals surface area contributed by atoms with E-state index in [-0.39, 0.29) is 39.1 Å². The van der Waals surface area contributed by atoms with E-state index in [0.29, 0.717) is 6.20 Å². The van der Waals surface area contributed by atoms with Crippen LogP contribution in [-0.2, 0) is 23.2 Å². The smallest absolute Gasteiger partial charge is 0.388 e. The van der Waals surface area contributed by atoms with Crippen LogP contribution in [0, 0.1) is 11.3 Å². The van der Waals surface area contributed by atoms with Crippen molar-refractivity contribution >= 4 is 27.3 Å². The molecule has 198 valence electrons. The van der Waals surface area contributed by atoms with Crippen molar-refractivity contribution in [2.75, 3.05) is 18.4 Å². The fraction of sp³-hybridized carbons (Fsp3) is 0.429. The highest BCUT2D eigenvalue weighted by molar-refractivity contribution is 7.89. The van der Waals surface area contributed by atoms with Crippen molar-refractivity contribution in [2.45, 2.75) is 42.7 Å². The minimum absolute atomic E-state index is 0.00410. The number of aliphatic hydroxyl groups excluding tert-OH is 1. The van der Waals surface area contributed by atoms with Crippen LogP contribution < -0.4 is 5.32 Å². The molecule has 0 aromatic carbocycles. The molecule has 4 heterocycles. The monoisotopic (exact) mass is 559 g/mol. The molecule has 0 amide bonds. The fourth-order valence-electron chi connectivity index (χ4n) is 3.87. The number of nitrogens with one attached hydrogen (secondary N) is 1. The maximum atomic E-state index is 15.0. The van der Waals surface area contributed by atoms with Gasteiger partial charge < -0.3 is 10.4 Å². The molecule has 1 saturated heterocycles. The zero-order valence-electron chi connectivity index (χ0n) is 19.4. The topological polar surface area (TPSA) is 137 Å². The van der Waals surface area contributed by atoms with Gasteiger partial charge in [0.25, 0.3) is 0 Å². The number of halogens is 4. The Labute approximate surface area is 213 Å². The van der Waals surface area contributed by atoms with Gasteiger partial charge in [-0.1, -0.05) is 0 Å². The zero-order chi connectivity index (χ0) is 27.1. The van der Waals surface area contributed by atoms with Gasteiger partial charge in [-0.2, -0.15) is 27.8 Å². The van der Waals surface area contributed by atoms with Gasteiger partial charge in [-0.25, -0.2) is 22.8 Å².